The van der Waals surface area contributed by atoms with Crippen molar-refractivity contribution < 1.29 is 12.9 Å². The third-order valence-corrected chi connectivity index (χ3v) is 6.64. The molecule has 0 saturated carbocycles. The van der Waals surface area contributed by atoms with Gasteiger partial charge in [0.25, 0.3) is 0 Å². The van der Waals surface area contributed by atoms with Crippen molar-refractivity contribution in [1.82, 2.24) is 19.9 Å². The van der Waals surface area contributed by atoms with Crippen molar-refractivity contribution in [3.63, 3.8) is 0 Å². The second-order valence-electron chi connectivity index (χ2n) is 5.65. The number of thioether (sulfide) groups is 1. The molecule has 3 rings (SSSR count). The molecule has 120 valence electrons. The van der Waals surface area contributed by atoms with Crippen molar-refractivity contribution in [2.75, 3.05) is 11.5 Å². The lowest BCUT2D eigenvalue weighted by Gasteiger charge is -2.07. The van der Waals surface area contributed by atoms with Crippen molar-refractivity contribution in [2.45, 2.75) is 30.7 Å². The quantitative estimate of drug-likeness (QED) is 0.758. The average molecular weight is 342 g/mol. The molecule has 0 unspecified atom stereocenters. The summed E-state index contributed by atoms with van der Waals surface area (Å²) in [6, 6.07) is 1.90. The van der Waals surface area contributed by atoms with E-state index in [0.29, 0.717) is 17.9 Å². The largest absolute Gasteiger partial charge is 0.361 e. The summed E-state index contributed by atoms with van der Waals surface area (Å²) in [5, 5.41) is 13.1. The summed E-state index contributed by atoms with van der Waals surface area (Å²) in [5.74, 6) is 3.01. The van der Waals surface area contributed by atoms with Crippen LogP contribution >= 0.6 is 11.8 Å². The maximum atomic E-state index is 11.5. The number of hydrogen-bond donors (Lipinski definition) is 0. The third-order valence-electron chi connectivity index (χ3n) is 3.75. The minimum absolute atomic E-state index is 0.156. The molecule has 3 heterocycles. The molecule has 2 aromatic rings. The van der Waals surface area contributed by atoms with E-state index in [-0.39, 0.29) is 11.7 Å². The summed E-state index contributed by atoms with van der Waals surface area (Å²) in [5.41, 5.74) is 0.869. The van der Waals surface area contributed by atoms with Gasteiger partial charge >= 0.3 is 0 Å². The van der Waals surface area contributed by atoms with E-state index in [1.807, 2.05) is 24.6 Å². The molecule has 2 aromatic heterocycles. The van der Waals surface area contributed by atoms with Gasteiger partial charge in [0.2, 0.25) is 0 Å². The summed E-state index contributed by atoms with van der Waals surface area (Å²) < 4.78 is 30.0. The Bertz CT molecular complexity index is 766. The number of hydrogen-bond acceptors (Lipinski definition) is 7. The van der Waals surface area contributed by atoms with E-state index in [9.17, 15) is 8.42 Å². The highest BCUT2D eigenvalue weighted by molar-refractivity contribution is 7.98. The van der Waals surface area contributed by atoms with Gasteiger partial charge in [-0.1, -0.05) is 16.9 Å². The molecule has 0 spiro atoms. The molecular weight excluding hydrogens is 324 g/mol. The van der Waals surface area contributed by atoms with E-state index in [2.05, 4.69) is 15.4 Å². The van der Waals surface area contributed by atoms with Crippen LogP contribution in [0.5, 0.6) is 0 Å². The molecule has 0 bridgehead atoms. The molecule has 22 heavy (non-hydrogen) atoms. The van der Waals surface area contributed by atoms with Gasteiger partial charge in [0.15, 0.2) is 15.0 Å². The van der Waals surface area contributed by atoms with Crippen LogP contribution in [0.25, 0.3) is 0 Å². The van der Waals surface area contributed by atoms with Crippen LogP contribution in [0, 0.1) is 12.8 Å². The zero-order chi connectivity index (χ0) is 15.7. The highest BCUT2D eigenvalue weighted by atomic mass is 32.2. The average Bonchev–Trinajstić information content (AvgIpc) is 3.11. The summed E-state index contributed by atoms with van der Waals surface area (Å²) in [7, 11) is -0.935. The lowest BCUT2D eigenvalue weighted by Crippen LogP contribution is -2.11. The van der Waals surface area contributed by atoms with E-state index in [0.717, 1.165) is 28.9 Å². The molecule has 1 aliphatic heterocycles. The summed E-state index contributed by atoms with van der Waals surface area (Å²) >= 11 is 1.54. The molecule has 0 aromatic carbocycles. The van der Waals surface area contributed by atoms with Gasteiger partial charge in [-0.2, -0.15) is 0 Å². The van der Waals surface area contributed by atoms with Gasteiger partial charge in [-0.3, -0.25) is 0 Å². The Balaban J connectivity index is 1.62. The third kappa shape index (κ3) is 3.52. The standard InChI is InChI=1S/C13H18N4O3S2/c1-9-5-11(16-20-9)7-21-13-15-14-12(17(13)2)6-10-3-4-22(18,19)8-10/h5,10H,3-4,6-8H2,1-2H3/t10-/m1/s1. The number of nitrogens with zero attached hydrogens (tertiary/aromatic N) is 4. The van der Waals surface area contributed by atoms with Crippen molar-refractivity contribution in [1.29, 1.82) is 0 Å². The van der Waals surface area contributed by atoms with Crippen LogP contribution in [0.3, 0.4) is 0 Å². The van der Waals surface area contributed by atoms with Gasteiger partial charge in [-0.25, -0.2) is 8.42 Å². The predicted molar refractivity (Wildman–Crippen MR) is 82.3 cm³/mol. The fraction of sp³-hybridized carbons (Fsp3) is 0.615. The number of sulfone groups is 1. The minimum Gasteiger partial charge on any atom is -0.361 e. The Morgan fingerprint density at radius 2 is 2.27 bits per heavy atom. The van der Waals surface area contributed by atoms with Crippen molar-refractivity contribution in [2.24, 2.45) is 13.0 Å². The highest BCUT2D eigenvalue weighted by Crippen LogP contribution is 2.25. The molecule has 0 N–H and O–H groups in total. The predicted octanol–water partition coefficient (Wildman–Crippen LogP) is 1.38. The number of aromatic nitrogens is 4. The molecule has 1 aliphatic rings. The smallest absolute Gasteiger partial charge is 0.191 e. The molecule has 0 amide bonds. The molecule has 0 aliphatic carbocycles. The van der Waals surface area contributed by atoms with Crippen LogP contribution in [0.4, 0.5) is 0 Å². The van der Waals surface area contributed by atoms with E-state index >= 15 is 0 Å². The zero-order valence-electron chi connectivity index (χ0n) is 12.5. The first kappa shape index (κ1) is 15.5. The number of aryl methyl sites for hydroxylation is 1. The van der Waals surface area contributed by atoms with Crippen molar-refractivity contribution >= 4 is 21.6 Å². The second-order valence-corrected chi connectivity index (χ2v) is 8.82. The summed E-state index contributed by atoms with van der Waals surface area (Å²) in [6.45, 7) is 1.86. The zero-order valence-corrected chi connectivity index (χ0v) is 14.2. The Kier molecular flexibility index (Phi) is 4.26. The van der Waals surface area contributed by atoms with Gasteiger partial charge in [0.1, 0.15) is 11.6 Å². The Morgan fingerprint density at radius 1 is 1.45 bits per heavy atom. The van der Waals surface area contributed by atoms with Crippen LogP contribution in [-0.4, -0.2) is 39.8 Å². The molecule has 9 heteroatoms. The second kappa shape index (κ2) is 6.04. The number of rotatable bonds is 5. The SMILES string of the molecule is Cc1cc(CSc2nnc(C[C@H]3CCS(=O)(=O)C3)n2C)no1. The molecule has 7 nitrogen and oxygen atoms in total. The van der Waals surface area contributed by atoms with Gasteiger partial charge in [0, 0.05) is 25.3 Å². The van der Waals surface area contributed by atoms with Crippen molar-refractivity contribution in [3.05, 3.63) is 23.3 Å². The highest BCUT2D eigenvalue weighted by Gasteiger charge is 2.29. The Hall–Kier alpha value is -1.35. The van der Waals surface area contributed by atoms with Crippen LogP contribution in [-0.2, 0) is 29.1 Å². The van der Waals surface area contributed by atoms with Crippen LogP contribution in [0.15, 0.2) is 15.7 Å². The van der Waals surface area contributed by atoms with E-state index in [1.165, 1.54) is 0 Å². The van der Waals surface area contributed by atoms with Crippen LogP contribution < -0.4 is 0 Å². The molecular formula is C13H18N4O3S2. The normalized spacial score (nSPS) is 20.5. The topological polar surface area (TPSA) is 90.9 Å². The first-order chi connectivity index (χ1) is 10.4. The maximum absolute atomic E-state index is 11.5. The van der Waals surface area contributed by atoms with E-state index < -0.39 is 9.84 Å². The molecule has 1 saturated heterocycles. The van der Waals surface area contributed by atoms with E-state index in [4.69, 9.17) is 4.52 Å². The first-order valence-corrected chi connectivity index (χ1v) is 9.87. The van der Waals surface area contributed by atoms with Gasteiger partial charge < -0.3 is 9.09 Å². The monoisotopic (exact) mass is 342 g/mol. The van der Waals surface area contributed by atoms with Crippen LogP contribution in [0.2, 0.25) is 0 Å². The Labute approximate surface area is 133 Å². The van der Waals surface area contributed by atoms with E-state index in [1.54, 1.807) is 11.8 Å². The fourth-order valence-corrected chi connectivity index (χ4v) is 5.24. The molecule has 1 fully saturated rings. The van der Waals surface area contributed by atoms with Gasteiger partial charge in [0.05, 0.1) is 17.2 Å². The Morgan fingerprint density at radius 3 is 2.91 bits per heavy atom. The lowest BCUT2D eigenvalue weighted by molar-refractivity contribution is 0.393. The molecule has 0 radical (unpaired) electrons. The lowest BCUT2D eigenvalue weighted by atomic mass is 10.1. The summed E-state index contributed by atoms with van der Waals surface area (Å²) in [6.07, 6.45) is 1.38. The first-order valence-electron chi connectivity index (χ1n) is 7.06. The molecule has 1 atom stereocenters. The van der Waals surface area contributed by atoms with Gasteiger partial charge in [-0.05, 0) is 19.3 Å². The maximum Gasteiger partial charge on any atom is 0.191 e. The minimum atomic E-state index is -2.85. The van der Waals surface area contributed by atoms with Crippen molar-refractivity contribution in [3.8, 4) is 0 Å². The van der Waals surface area contributed by atoms with Crippen LogP contribution in [0.1, 0.15) is 23.7 Å². The van der Waals surface area contributed by atoms with Gasteiger partial charge in [-0.15, -0.1) is 10.2 Å². The summed E-state index contributed by atoms with van der Waals surface area (Å²) in [4.78, 5) is 0. The fourth-order valence-electron chi connectivity index (χ4n) is 2.56.